The van der Waals surface area contributed by atoms with Crippen molar-refractivity contribution in [3.8, 4) is 0 Å². The summed E-state index contributed by atoms with van der Waals surface area (Å²) in [5.41, 5.74) is -1.72. The molecule has 0 aliphatic carbocycles. The van der Waals surface area contributed by atoms with Gasteiger partial charge in [-0.05, 0) is 30.3 Å². The smallest absolute Gasteiger partial charge is 0.318 e. The van der Waals surface area contributed by atoms with Gasteiger partial charge in [0.1, 0.15) is 0 Å². The fourth-order valence-corrected chi connectivity index (χ4v) is 1.90. The Hall–Kier alpha value is -2.68. The molecule has 0 aliphatic rings. The number of rotatable bonds is 2. The third-order valence-corrected chi connectivity index (χ3v) is 3.26. The maximum atomic E-state index is 13.0. The van der Waals surface area contributed by atoms with E-state index in [1.165, 1.54) is 0 Å². The monoisotopic (exact) mass is 378 g/mol. The maximum Gasteiger partial charge on any atom is 0.416 e. The molecule has 4 nitrogen and oxygen atoms in total. The highest BCUT2D eigenvalue weighted by Crippen LogP contribution is 2.33. The Bertz CT molecular complexity index is 839. The van der Waals surface area contributed by atoms with Crippen molar-refractivity contribution in [1.29, 1.82) is 0 Å². The van der Waals surface area contributed by atoms with Gasteiger partial charge >= 0.3 is 18.0 Å². The van der Waals surface area contributed by atoms with E-state index in [0.717, 1.165) is 18.2 Å². The van der Waals surface area contributed by atoms with Gasteiger partial charge in [0.2, 0.25) is 0 Å². The Labute approximate surface area is 142 Å². The number of benzene rings is 2. The van der Waals surface area contributed by atoms with Gasteiger partial charge in [-0.25, -0.2) is 8.78 Å². The van der Waals surface area contributed by atoms with E-state index in [1.807, 2.05) is 10.6 Å². The summed E-state index contributed by atoms with van der Waals surface area (Å²) in [7, 11) is 0. The largest absolute Gasteiger partial charge is 0.416 e. The normalized spacial score (nSPS) is 11.1. The molecule has 25 heavy (non-hydrogen) atoms. The molecule has 0 saturated carbocycles. The van der Waals surface area contributed by atoms with Gasteiger partial charge in [0.15, 0.2) is 11.6 Å². The third-order valence-electron chi connectivity index (χ3n) is 2.93. The fourth-order valence-electron chi connectivity index (χ4n) is 1.74. The molecule has 0 unspecified atom stereocenters. The summed E-state index contributed by atoms with van der Waals surface area (Å²) < 4.78 is 63.8. The highest BCUT2D eigenvalue weighted by molar-refractivity contribution is 6.44. The van der Waals surface area contributed by atoms with Crippen LogP contribution in [0.25, 0.3) is 0 Å². The van der Waals surface area contributed by atoms with Crippen LogP contribution in [0.2, 0.25) is 5.02 Å². The minimum absolute atomic E-state index is 0.214. The van der Waals surface area contributed by atoms with Gasteiger partial charge in [-0.15, -0.1) is 0 Å². The summed E-state index contributed by atoms with van der Waals surface area (Å²) in [5, 5.41) is 3.67. The zero-order chi connectivity index (χ0) is 18.8. The number of carbonyl (C=O) groups is 2. The number of nitrogens with one attached hydrogen (secondary N) is 2. The first-order chi connectivity index (χ1) is 11.6. The van der Waals surface area contributed by atoms with Gasteiger partial charge in [-0.1, -0.05) is 11.6 Å². The number of carbonyl (C=O) groups excluding carboxylic acids is 2. The summed E-state index contributed by atoms with van der Waals surface area (Å²) in [6.07, 6.45) is -4.67. The van der Waals surface area contributed by atoms with Crippen LogP contribution in [0.4, 0.5) is 33.3 Å². The van der Waals surface area contributed by atoms with Crippen molar-refractivity contribution in [1.82, 2.24) is 0 Å². The van der Waals surface area contributed by atoms with Crippen molar-refractivity contribution in [3.63, 3.8) is 0 Å². The average molecular weight is 379 g/mol. The molecule has 0 bridgehead atoms. The second-order valence-corrected chi connectivity index (χ2v) is 5.14. The lowest BCUT2D eigenvalue weighted by atomic mass is 10.2. The molecular formula is C15H8ClF5N2O2. The van der Waals surface area contributed by atoms with Gasteiger partial charge in [-0.2, -0.15) is 13.2 Å². The van der Waals surface area contributed by atoms with Gasteiger partial charge < -0.3 is 10.6 Å². The van der Waals surface area contributed by atoms with Crippen molar-refractivity contribution in [2.24, 2.45) is 0 Å². The highest BCUT2D eigenvalue weighted by atomic mass is 35.5. The first-order valence-corrected chi connectivity index (χ1v) is 6.90. The molecule has 0 saturated heterocycles. The summed E-state index contributed by atoms with van der Waals surface area (Å²) in [5.74, 6) is -5.05. The molecule has 10 heteroatoms. The predicted molar refractivity (Wildman–Crippen MR) is 80.1 cm³/mol. The van der Waals surface area contributed by atoms with Gasteiger partial charge in [0.25, 0.3) is 0 Å². The van der Waals surface area contributed by atoms with Crippen molar-refractivity contribution in [2.75, 3.05) is 10.6 Å². The van der Waals surface area contributed by atoms with Crippen LogP contribution in [-0.4, -0.2) is 11.8 Å². The van der Waals surface area contributed by atoms with Crippen molar-refractivity contribution in [2.45, 2.75) is 6.18 Å². The fraction of sp³-hybridized carbons (Fsp3) is 0.0667. The van der Waals surface area contributed by atoms with Crippen molar-refractivity contribution in [3.05, 3.63) is 58.6 Å². The Kier molecular flexibility index (Phi) is 5.27. The molecule has 0 aromatic heterocycles. The predicted octanol–water partition coefficient (Wildman–Crippen LogP) is 4.21. The molecule has 0 heterocycles. The van der Waals surface area contributed by atoms with Crippen LogP contribution in [-0.2, 0) is 15.8 Å². The Morgan fingerprint density at radius 3 is 2.12 bits per heavy atom. The number of alkyl halides is 3. The van der Waals surface area contributed by atoms with Gasteiger partial charge in [0, 0.05) is 11.8 Å². The zero-order valence-electron chi connectivity index (χ0n) is 12.0. The summed E-state index contributed by atoms with van der Waals surface area (Å²) in [6.45, 7) is 0. The van der Waals surface area contributed by atoms with Gasteiger partial charge in [0.05, 0.1) is 16.3 Å². The SMILES string of the molecule is O=C(Nc1ccc(F)c(F)c1)C(=O)Nc1cc(C(F)(F)F)ccc1Cl. The van der Waals surface area contributed by atoms with Gasteiger partial charge in [-0.3, -0.25) is 9.59 Å². The molecular weight excluding hydrogens is 371 g/mol. The Morgan fingerprint density at radius 1 is 0.880 bits per heavy atom. The standard InChI is InChI=1S/C15H8ClF5N2O2/c16-9-3-1-7(15(19,20)21)5-12(9)23-14(25)13(24)22-8-2-4-10(17)11(18)6-8/h1-6H,(H,22,24)(H,23,25). The molecule has 2 amide bonds. The quantitative estimate of drug-likeness (QED) is 0.607. The summed E-state index contributed by atoms with van der Waals surface area (Å²) >= 11 is 5.69. The van der Waals surface area contributed by atoms with Crippen LogP contribution < -0.4 is 10.6 Å². The highest BCUT2D eigenvalue weighted by Gasteiger charge is 2.31. The lowest BCUT2D eigenvalue weighted by Gasteiger charge is -2.11. The minimum Gasteiger partial charge on any atom is -0.318 e. The number of halogens is 6. The van der Waals surface area contributed by atoms with E-state index in [2.05, 4.69) is 0 Å². The lowest BCUT2D eigenvalue weighted by Crippen LogP contribution is -2.29. The number of hydrogen-bond acceptors (Lipinski definition) is 2. The number of hydrogen-bond donors (Lipinski definition) is 2. The second kappa shape index (κ2) is 7.06. The van der Waals surface area contributed by atoms with Crippen LogP contribution >= 0.6 is 11.6 Å². The molecule has 132 valence electrons. The zero-order valence-corrected chi connectivity index (χ0v) is 12.8. The average Bonchev–Trinajstić information content (AvgIpc) is 2.51. The van der Waals surface area contributed by atoms with Crippen LogP contribution in [0.1, 0.15) is 5.56 Å². The molecule has 2 N–H and O–H groups in total. The summed E-state index contributed by atoms with van der Waals surface area (Å²) in [4.78, 5) is 23.5. The van der Waals surface area contributed by atoms with E-state index in [0.29, 0.717) is 18.2 Å². The van der Waals surface area contributed by atoms with Crippen molar-refractivity contribution >= 4 is 34.8 Å². The Balaban J connectivity index is 2.13. The molecule has 0 atom stereocenters. The molecule has 2 rings (SSSR count). The maximum absolute atomic E-state index is 13.0. The lowest BCUT2D eigenvalue weighted by molar-refractivity contribution is -0.137. The van der Waals surface area contributed by atoms with E-state index in [1.54, 1.807) is 0 Å². The first-order valence-electron chi connectivity index (χ1n) is 6.52. The molecule has 2 aromatic rings. The second-order valence-electron chi connectivity index (χ2n) is 4.73. The van der Waals surface area contributed by atoms with Crippen LogP contribution in [0.15, 0.2) is 36.4 Å². The Morgan fingerprint density at radius 2 is 1.52 bits per heavy atom. The van der Waals surface area contributed by atoms with Crippen LogP contribution in [0, 0.1) is 11.6 Å². The van der Waals surface area contributed by atoms with E-state index in [-0.39, 0.29) is 10.7 Å². The number of amides is 2. The van der Waals surface area contributed by atoms with Crippen molar-refractivity contribution < 1.29 is 31.5 Å². The van der Waals surface area contributed by atoms with E-state index >= 15 is 0 Å². The van der Waals surface area contributed by atoms with E-state index < -0.39 is 40.9 Å². The van der Waals surface area contributed by atoms with E-state index in [4.69, 9.17) is 11.6 Å². The topological polar surface area (TPSA) is 58.2 Å². The molecule has 0 fully saturated rings. The summed E-state index contributed by atoms with van der Waals surface area (Å²) in [6, 6.07) is 4.54. The molecule has 0 radical (unpaired) electrons. The van der Waals surface area contributed by atoms with Crippen LogP contribution in [0.5, 0.6) is 0 Å². The van der Waals surface area contributed by atoms with Crippen LogP contribution in [0.3, 0.4) is 0 Å². The number of anilines is 2. The molecule has 0 spiro atoms. The molecule has 2 aromatic carbocycles. The molecule has 0 aliphatic heterocycles. The van der Waals surface area contributed by atoms with E-state index in [9.17, 15) is 31.5 Å². The third kappa shape index (κ3) is 4.66. The minimum atomic E-state index is -4.67. The first kappa shape index (κ1) is 18.7.